The van der Waals surface area contributed by atoms with Gasteiger partial charge in [0.15, 0.2) is 0 Å². The van der Waals surface area contributed by atoms with Gasteiger partial charge in [0.1, 0.15) is 17.0 Å². The normalized spacial score (nSPS) is 11.0. The van der Waals surface area contributed by atoms with Gasteiger partial charge in [0.2, 0.25) is 5.91 Å². The first-order valence-electron chi connectivity index (χ1n) is 9.45. The van der Waals surface area contributed by atoms with E-state index in [-0.39, 0.29) is 11.5 Å². The van der Waals surface area contributed by atoms with Crippen LogP contribution in [0.4, 0.5) is 22.9 Å². The Bertz CT molecular complexity index is 1350. The quantitative estimate of drug-likeness (QED) is 0.444. The number of benzene rings is 2. The Morgan fingerprint density at radius 3 is 2.61 bits per heavy atom. The van der Waals surface area contributed by atoms with Crippen molar-refractivity contribution < 1.29 is 4.79 Å². The zero-order valence-corrected chi connectivity index (χ0v) is 17.3. The van der Waals surface area contributed by atoms with Gasteiger partial charge in [-0.05, 0) is 54.6 Å². The van der Waals surface area contributed by atoms with E-state index in [2.05, 4.69) is 20.6 Å². The van der Waals surface area contributed by atoms with Crippen molar-refractivity contribution in [3.63, 3.8) is 0 Å². The summed E-state index contributed by atoms with van der Waals surface area (Å²) >= 11 is 6.08. The Balaban J connectivity index is 1.74. The maximum absolute atomic E-state index is 13.1. The lowest BCUT2D eigenvalue weighted by molar-refractivity contribution is -0.114. The molecule has 0 aliphatic heterocycles. The maximum Gasteiger partial charge on any atom is 0.268 e. The van der Waals surface area contributed by atoms with Crippen LogP contribution in [0, 0.1) is 0 Å². The molecule has 2 aromatic carbocycles. The zero-order chi connectivity index (χ0) is 21.8. The number of carbonyl (C=O) groups is 1. The van der Waals surface area contributed by atoms with Gasteiger partial charge in [-0.2, -0.15) is 0 Å². The van der Waals surface area contributed by atoms with E-state index in [1.165, 1.54) is 17.5 Å². The molecule has 0 bridgehead atoms. The molecular formula is C23H18ClN5O2. The molecule has 31 heavy (non-hydrogen) atoms. The Kier molecular flexibility index (Phi) is 5.77. The monoisotopic (exact) mass is 431 g/mol. The molecule has 0 aliphatic rings. The molecule has 0 saturated heterocycles. The largest absolute Gasteiger partial charge is 0.339 e. The van der Waals surface area contributed by atoms with Crippen molar-refractivity contribution in [1.29, 1.82) is 0 Å². The highest BCUT2D eigenvalue weighted by Crippen LogP contribution is 2.21. The SMILES string of the molecule is CC(=O)Nc1ccc(N=Cc2c(Nc3cccc(Cl)c3)nc3ccccn3c2=O)cc1. The van der Waals surface area contributed by atoms with E-state index in [1.54, 1.807) is 54.7 Å². The lowest BCUT2D eigenvalue weighted by Crippen LogP contribution is -2.21. The molecule has 1 amide bonds. The van der Waals surface area contributed by atoms with Gasteiger partial charge in [-0.1, -0.05) is 23.7 Å². The molecule has 7 nitrogen and oxygen atoms in total. The fraction of sp³-hybridized carbons (Fsp3) is 0.0435. The number of fused-ring (bicyclic) bond motifs is 1. The first-order chi connectivity index (χ1) is 15.0. The number of aliphatic imine (C=N–C) groups is 1. The third-order valence-corrected chi connectivity index (χ3v) is 4.62. The number of nitrogens with zero attached hydrogens (tertiary/aromatic N) is 3. The second-order valence-corrected chi connectivity index (χ2v) is 7.17. The van der Waals surface area contributed by atoms with Gasteiger partial charge in [0, 0.05) is 35.7 Å². The highest BCUT2D eigenvalue weighted by atomic mass is 35.5. The summed E-state index contributed by atoms with van der Waals surface area (Å²) < 4.78 is 1.46. The van der Waals surface area contributed by atoms with Gasteiger partial charge < -0.3 is 10.6 Å². The summed E-state index contributed by atoms with van der Waals surface area (Å²) in [5.74, 6) is 0.223. The van der Waals surface area contributed by atoms with Gasteiger partial charge >= 0.3 is 0 Å². The van der Waals surface area contributed by atoms with Gasteiger partial charge in [-0.25, -0.2) is 4.98 Å². The number of hydrogen-bond donors (Lipinski definition) is 2. The summed E-state index contributed by atoms with van der Waals surface area (Å²) in [5, 5.41) is 6.43. The number of halogens is 1. The van der Waals surface area contributed by atoms with E-state index < -0.39 is 0 Å². The third-order valence-electron chi connectivity index (χ3n) is 4.39. The number of aromatic nitrogens is 2. The Hall–Kier alpha value is -3.97. The Morgan fingerprint density at radius 2 is 1.87 bits per heavy atom. The Labute approximate surface area is 183 Å². The highest BCUT2D eigenvalue weighted by Gasteiger charge is 2.12. The van der Waals surface area contributed by atoms with Crippen LogP contribution in [0.1, 0.15) is 12.5 Å². The molecule has 2 N–H and O–H groups in total. The summed E-state index contributed by atoms with van der Waals surface area (Å²) in [5.41, 5.74) is 2.55. The van der Waals surface area contributed by atoms with Crippen LogP contribution in [0.3, 0.4) is 0 Å². The van der Waals surface area contributed by atoms with E-state index in [1.807, 2.05) is 18.2 Å². The molecule has 4 aromatic rings. The molecule has 0 unspecified atom stereocenters. The highest BCUT2D eigenvalue weighted by molar-refractivity contribution is 6.30. The molecule has 0 atom stereocenters. The summed E-state index contributed by atoms with van der Waals surface area (Å²) in [4.78, 5) is 33.3. The number of amides is 1. The van der Waals surface area contributed by atoms with Gasteiger partial charge in [-0.15, -0.1) is 0 Å². The summed E-state index contributed by atoms with van der Waals surface area (Å²) in [6, 6.07) is 19.5. The van der Waals surface area contributed by atoms with E-state index in [0.717, 1.165) is 0 Å². The minimum atomic E-state index is -0.256. The second-order valence-electron chi connectivity index (χ2n) is 6.73. The maximum atomic E-state index is 13.1. The van der Waals surface area contributed by atoms with Crippen molar-refractivity contribution in [3.8, 4) is 0 Å². The number of carbonyl (C=O) groups excluding carboxylic acids is 1. The average molecular weight is 432 g/mol. The van der Waals surface area contributed by atoms with Crippen LogP contribution in [0.15, 0.2) is 82.7 Å². The number of hydrogen-bond acceptors (Lipinski definition) is 5. The molecule has 8 heteroatoms. The van der Waals surface area contributed by atoms with Crippen molar-refractivity contribution >= 4 is 52.2 Å². The van der Waals surface area contributed by atoms with Crippen molar-refractivity contribution in [1.82, 2.24) is 9.38 Å². The lowest BCUT2D eigenvalue weighted by Gasteiger charge is -2.10. The van der Waals surface area contributed by atoms with E-state index in [0.29, 0.717) is 39.1 Å². The molecule has 0 fully saturated rings. The molecule has 0 radical (unpaired) electrons. The molecule has 0 saturated carbocycles. The van der Waals surface area contributed by atoms with Crippen molar-refractivity contribution in [2.24, 2.45) is 4.99 Å². The predicted molar refractivity (Wildman–Crippen MR) is 124 cm³/mol. The molecule has 0 spiro atoms. The molecule has 2 heterocycles. The molecule has 2 aromatic heterocycles. The van der Waals surface area contributed by atoms with Gasteiger partial charge in [-0.3, -0.25) is 19.0 Å². The fourth-order valence-electron chi connectivity index (χ4n) is 2.99. The van der Waals surface area contributed by atoms with Crippen molar-refractivity contribution in [3.05, 3.63) is 93.9 Å². The molecule has 4 rings (SSSR count). The number of nitrogens with one attached hydrogen (secondary N) is 2. The smallest absolute Gasteiger partial charge is 0.268 e. The first-order valence-corrected chi connectivity index (χ1v) is 9.83. The summed E-state index contributed by atoms with van der Waals surface area (Å²) in [6.07, 6.45) is 3.14. The zero-order valence-electron chi connectivity index (χ0n) is 16.5. The minimum Gasteiger partial charge on any atom is -0.339 e. The van der Waals surface area contributed by atoms with Gasteiger partial charge in [0.05, 0.1) is 5.69 Å². The van der Waals surface area contributed by atoms with Crippen LogP contribution in [-0.2, 0) is 4.79 Å². The van der Waals surface area contributed by atoms with Gasteiger partial charge in [0.25, 0.3) is 5.56 Å². The Morgan fingerprint density at radius 1 is 1.06 bits per heavy atom. The topological polar surface area (TPSA) is 87.9 Å². The second kappa shape index (κ2) is 8.81. The minimum absolute atomic E-state index is 0.150. The predicted octanol–water partition coefficient (Wildman–Crippen LogP) is 4.80. The molecular weight excluding hydrogens is 414 g/mol. The van der Waals surface area contributed by atoms with Crippen molar-refractivity contribution in [2.45, 2.75) is 6.92 Å². The number of pyridine rings is 1. The lowest BCUT2D eigenvalue weighted by atomic mass is 10.2. The van der Waals surface area contributed by atoms with E-state index in [4.69, 9.17) is 11.6 Å². The van der Waals surface area contributed by atoms with Crippen LogP contribution in [0.25, 0.3) is 5.65 Å². The van der Waals surface area contributed by atoms with E-state index >= 15 is 0 Å². The van der Waals surface area contributed by atoms with Crippen LogP contribution in [-0.4, -0.2) is 21.5 Å². The van der Waals surface area contributed by atoms with Crippen molar-refractivity contribution in [2.75, 3.05) is 10.6 Å². The average Bonchev–Trinajstić information content (AvgIpc) is 2.74. The van der Waals surface area contributed by atoms with Crippen LogP contribution in [0.2, 0.25) is 5.02 Å². The first kappa shape index (κ1) is 20.3. The van der Waals surface area contributed by atoms with Crippen LogP contribution in [0.5, 0.6) is 0 Å². The van der Waals surface area contributed by atoms with Crippen LogP contribution >= 0.6 is 11.6 Å². The molecule has 0 aliphatic carbocycles. The van der Waals surface area contributed by atoms with Crippen LogP contribution < -0.4 is 16.2 Å². The standard InChI is InChI=1S/C23H18ClN5O2/c1-15(30)26-18-10-8-17(9-11-18)25-14-20-22(27-19-6-4-5-16(24)13-19)28-21-7-2-3-12-29(21)23(20)31/h2-14,27H,1H3,(H,26,30). The number of rotatable bonds is 5. The fourth-order valence-corrected chi connectivity index (χ4v) is 3.18. The number of anilines is 3. The molecule has 154 valence electrons. The summed E-state index contributed by atoms with van der Waals surface area (Å²) in [7, 11) is 0. The van der Waals surface area contributed by atoms with E-state index in [9.17, 15) is 9.59 Å². The third kappa shape index (κ3) is 4.79. The summed E-state index contributed by atoms with van der Waals surface area (Å²) in [6.45, 7) is 1.45.